The van der Waals surface area contributed by atoms with Gasteiger partial charge in [0, 0.05) is 43.4 Å². The van der Waals surface area contributed by atoms with Crippen molar-refractivity contribution in [1.29, 1.82) is 0 Å². The third-order valence-electron chi connectivity index (χ3n) is 9.91. The second kappa shape index (κ2) is 12.7. The van der Waals surface area contributed by atoms with Crippen LogP contribution in [-0.4, -0.2) is 114 Å². The van der Waals surface area contributed by atoms with E-state index in [1.807, 2.05) is 30.3 Å². The Balaban J connectivity index is 1.56. The number of Topliss-reactive ketones (excluding diaryl/α,β-unsaturated/α-hetero) is 2. The van der Waals surface area contributed by atoms with Crippen LogP contribution in [0.15, 0.2) is 53.3 Å². The summed E-state index contributed by atoms with van der Waals surface area (Å²) >= 11 is 0. The van der Waals surface area contributed by atoms with Gasteiger partial charge in [-0.3, -0.25) is 29.0 Å². The molecule has 48 heavy (non-hydrogen) atoms. The maximum Gasteiger partial charge on any atom is 0.255 e. The Morgan fingerprint density at radius 1 is 1.04 bits per heavy atom. The van der Waals surface area contributed by atoms with Crippen LogP contribution in [0.4, 0.5) is 5.69 Å². The minimum atomic E-state index is -2.73. The Kier molecular flexibility index (Phi) is 9.17. The molecule has 2 aromatic carbocycles. The Bertz CT molecular complexity index is 1750. The number of aromatic hydroxyl groups is 1. The number of nitrogens with zero attached hydrogens (tertiary/aromatic N) is 3. The SMILES string of the molecule is CN(C)c1cc(CNC(=O)C(Cc2ccccc2)N(C)C)c(O)c2c1C[C@H]1C[C@H]3C(N(C)C)C(=O)C(C(N)=O)=C(O)[C@@]3(O)C(=O)C1=C2O. The number of aliphatic hydroxyl groups is 3. The van der Waals surface area contributed by atoms with Gasteiger partial charge in [0.05, 0.1) is 17.6 Å². The van der Waals surface area contributed by atoms with Gasteiger partial charge in [0.15, 0.2) is 11.4 Å². The largest absolute Gasteiger partial charge is 0.508 e. The van der Waals surface area contributed by atoms with Crippen LogP contribution in [0.5, 0.6) is 5.75 Å². The maximum atomic E-state index is 14.2. The fourth-order valence-corrected chi connectivity index (χ4v) is 7.53. The Labute approximate surface area is 278 Å². The molecule has 5 rings (SSSR count). The average molecular weight is 662 g/mol. The number of nitrogens with one attached hydrogen (secondary N) is 1. The summed E-state index contributed by atoms with van der Waals surface area (Å²) in [5.74, 6) is -7.40. The minimum Gasteiger partial charge on any atom is -0.508 e. The van der Waals surface area contributed by atoms with Crippen LogP contribution in [-0.2, 0) is 38.6 Å². The molecule has 0 spiro atoms. The number of rotatable bonds is 9. The van der Waals surface area contributed by atoms with E-state index in [0.29, 0.717) is 17.7 Å². The van der Waals surface area contributed by atoms with Gasteiger partial charge in [-0.2, -0.15) is 0 Å². The predicted molar refractivity (Wildman–Crippen MR) is 178 cm³/mol. The first kappa shape index (κ1) is 34.6. The molecule has 1 saturated carbocycles. The van der Waals surface area contributed by atoms with Crippen molar-refractivity contribution in [2.45, 2.75) is 43.5 Å². The first-order chi connectivity index (χ1) is 22.5. The van der Waals surface area contributed by atoms with Gasteiger partial charge in [-0.05, 0) is 70.6 Å². The number of nitrogens with two attached hydrogens (primary N) is 1. The van der Waals surface area contributed by atoms with Crippen molar-refractivity contribution in [2.75, 3.05) is 47.2 Å². The van der Waals surface area contributed by atoms with E-state index >= 15 is 0 Å². The molecule has 0 aliphatic heterocycles. The quantitative estimate of drug-likeness (QED) is 0.208. The highest BCUT2D eigenvalue weighted by Gasteiger charge is 2.64. The number of phenols is 1. The molecule has 3 aliphatic rings. The summed E-state index contributed by atoms with van der Waals surface area (Å²) in [4.78, 5) is 58.2. The second-order valence-electron chi connectivity index (χ2n) is 13.5. The molecule has 2 unspecified atom stereocenters. The molecule has 0 saturated heterocycles. The summed E-state index contributed by atoms with van der Waals surface area (Å²) in [6.45, 7) is -0.0952. The van der Waals surface area contributed by atoms with Crippen molar-refractivity contribution < 1.29 is 39.6 Å². The number of ketones is 2. The fourth-order valence-electron chi connectivity index (χ4n) is 7.53. The summed E-state index contributed by atoms with van der Waals surface area (Å²) in [6.07, 6.45) is 0.602. The Hall–Kier alpha value is -4.72. The van der Waals surface area contributed by atoms with Gasteiger partial charge < -0.3 is 36.4 Å². The monoisotopic (exact) mass is 661 g/mol. The van der Waals surface area contributed by atoms with Gasteiger partial charge >= 0.3 is 0 Å². The van der Waals surface area contributed by atoms with Crippen molar-refractivity contribution >= 4 is 34.8 Å². The molecule has 0 aromatic heterocycles. The van der Waals surface area contributed by atoms with Crippen molar-refractivity contribution in [2.24, 2.45) is 17.6 Å². The number of primary amides is 1. The van der Waals surface area contributed by atoms with Crippen LogP contribution in [0.2, 0.25) is 0 Å². The van der Waals surface area contributed by atoms with Gasteiger partial charge in [-0.1, -0.05) is 30.3 Å². The molecule has 0 heterocycles. The van der Waals surface area contributed by atoms with Crippen LogP contribution in [0, 0.1) is 11.8 Å². The first-order valence-corrected chi connectivity index (χ1v) is 15.7. The summed E-state index contributed by atoms with van der Waals surface area (Å²) < 4.78 is 0. The fraction of sp³-hybridized carbons (Fsp3) is 0.429. The van der Waals surface area contributed by atoms with Gasteiger partial charge in [-0.15, -0.1) is 0 Å². The molecule has 0 radical (unpaired) electrons. The summed E-state index contributed by atoms with van der Waals surface area (Å²) in [6, 6.07) is 9.62. The van der Waals surface area contributed by atoms with E-state index in [-0.39, 0.29) is 47.7 Å². The average Bonchev–Trinajstić information content (AvgIpc) is 3.01. The smallest absolute Gasteiger partial charge is 0.255 e. The Morgan fingerprint density at radius 2 is 1.69 bits per heavy atom. The molecule has 2 amide bonds. The van der Waals surface area contributed by atoms with Gasteiger partial charge in [-0.25, -0.2) is 0 Å². The van der Waals surface area contributed by atoms with Crippen LogP contribution >= 0.6 is 0 Å². The molecular weight excluding hydrogens is 618 g/mol. The highest BCUT2D eigenvalue weighted by atomic mass is 16.3. The standard InChI is InChI=1S/C35H43N5O8/c1-38(2)22-15-19(16-37-34(47)23(39(3)4)12-17-10-8-7-9-11-17)28(41)25-20(22)13-18-14-21-27(40(5)6)30(43)26(33(36)46)32(45)35(21,48)31(44)24(18)29(25)42/h7-11,15,18,21,23,27,41-42,45,48H,12-14,16H2,1-6H3,(H2,36,46)(H,37,47)/t18-,21-,23?,27?,35-/m0/s1. The van der Waals surface area contributed by atoms with Crippen LogP contribution < -0.4 is 16.0 Å². The number of hydrogen-bond donors (Lipinski definition) is 6. The van der Waals surface area contributed by atoms with Crippen molar-refractivity contribution in [3.63, 3.8) is 0 Å². The molecule has 2 aromatic rings. The van der Waals surface area contributed by atoms with E-state index in [1.54, 1.807) is 58.2 Å². The zero-order chi connectivity index (χ0) is 35.4. The third-order valence-corrected chi connectivity index (χ3v) is 9.91. The lowest BCUT2D eigenvalue weighted by Crippen LogP contribution is -2.65. The lowest BCUT2D eigenvalue weighted by atomic mass is 9.57. The number of fused-ring (bicyclic) bond motifs is 3. The van der Waals surface area contributed by atoms with Gasteiger partial charge in [0.25, 0.3) is 5.91 Å². The van der Waals surface area contributed by atoms with Crippen LogP contribution in [0.25, 0.3) is 5.76 Å². The number of carbonyl (C=O) groups excluding carboxylic acids is 4. The van der Waals surface area contributed by atoms with Gasteiger partial charge in [0.1, 0.15) is 22.8 Å². The van der Waals surface area contributed by atoms with E-state index in [2.05, 4.69) is 5.32 Å². The number of phenolic OH excluding ortho intramolecular Hbond substituents is 1. The van der Waals surface area contributed by atoms with Crippen molar-refractivity contribution in [3.05, 3.63) is 75.6 Å². The maximum absolute atomic E-state index is 14.2. The molecule has 5 atom stereocenters. The first-order valence-electron chi connectivity index (χ1n) is 15.7. The van der Waals surface area contributed by atoms with Crippen molar-refractivity contribution in [1.82, 2.24) is 15.1 Å². The number of carbonyl (C=O) groups is 4. The topological polar surface area (TPSA) is 197 Å². The summed E-state index contributed by atoms with van der Waals surface area (Å²) in [5, 5.41) is 49.2. The van der Waals surface area contributed by atoms with E-state index in [9.17, 15) is 39.6 Å². The lowest BCUT2D eigenvalue weighted by molar-refractivity contribution is -0.153. The summed E-state index contributed by atoms with van der Waals surface area (Å²) in [5.41, 5.74) is 3.98. The zero-order valence-corrected chi connectivity index (χ0v) is 27.9. The number of aliphatic hydroxyl groups excluding tert-OH is 2. The molecule has 1 fully saturated rings. The Morgan fingerprint density at radius 3 is 2.25 bits per heavy atom. The highest BCUT2D eigenvalue weighted by Crippen LogP contribution is 2.54. The second-order valence-corrected chi connectivity index (χ2v) is 13.5. The van der Waals surface area contributed by atoms with E-state index in [1.165, 1.54) is 4.90 Å². The molecular formula is C35H43N5O8. The third kappa shape index (κ3) is 5.51. The number of likely N-dealkylation sites (N-methyl/N-ethyl adjacent to an activating group) is 2. The van der Waals surface area contributed by atoms with E-state index < -0.39 is 64.1 Å². The molecule has 0 bridgehead atoms. The number of amides is 2. The molecule has 7 N–H and O–H groups in total. The summed E-state index contributed by atoms with van der Waals surface area (Å²) in [7, 11) is 10.3. The highest BCUT2D eigenvalue weighted by molar-refractivity contribution is 6.24. The molecule has 3 aliphatic carbocycles. The van der Waals surface area contributed by atoms with E-state index in [4.69, 9.17) is 5.73 Å². The predicted octanol–water partition coefficient (Wildman–Crippen LogP) is 0.819. The minimum absolute atomic E-state index is 0.00939. The van der Waals surface area contributed by atoms with Crippen LogP contribution in [0.3, 0.4) is 0 Å². The number of benzene rings is 2. The van der Waals surface area contributed by atoms with Crippen LogP contribution in [0.1, 0.15) is 28.7 Å². The van der Waals surface area contributed by atoms with Crippen molar-refractivity contribution in [3.8, 4) is 5.75 Å². The normalized spacial score (nSPS) is 24.3. The molecule has 256 valence electrons. The number of hydrogen-bond acceptors (Lipinski definition) is 11. The molecule has 13 nitrogen and oxygen atoms in total. The van der Waals surface area contributed by atoms with Gasteiger partial charge in [0.2, 0.25) is 11.7 Å². The number of anilines is 1. The zero-order valence-electron chi connectivity index (χ0n) is 27.9. The van der Waals surface area contributed by atoms with E-state index in [0.717, 1.165) is 5.56 Å². The molecule has 13 heteroatoms. The lowest BCUT2D eigenvalue weighted by Gasteiger charge is -2.50.